The van der Waals surface area contributed by atoms with Gasteiger partial charge >= 0.3 is 0 Å². The molecule has 0 bridgehead atoms. The van der Waals surface area contributed by atoms with Crippen molar-refractivity contribution in [3.8, 4) is 5.75 Å². The molecule has 0 spiro atoms. The van der Waals surface area contributed by atoms with Gasteiger partial charge in [0.15, 0.2) is 0 Å². The number of halogens is 1. The maximum Gasteiger partial charge on any atom is 0.259 e. The van der Waals surface area contributed by atoms with E-state index in [4.69, 9.17) is 4.74 Å². The number of nitrogens with one attached hydrogen (secondary N) is 2. The lowest BCUT2D eigenvalue weighted by atomic mass is 10.2. The lowest BCUT2D eigenvalue weighted by molar-refractivity contribution is 0.102. The van der Waals surface area contributed by atoms with Crippen molar-refractivity contribution < 1.29 is 13.9 Å². The van der Waals surface area contributed by atoms with Crippen molar-refractivity contribution in [3.05, 3.63) is 78.2 Å². The van der Waals surface area contributed by atoms with E-state index in [9.17, 15) is 9.18 Å². The molecule has 0 aliphatic heterocycles. The standard InChI is InChI=1S/C19H16FN3O2/c1-25-17-7-3-2-6-16(17)23-18-15(5-4-12-21-18)19(24)22-14-10-8-13(20)9-11-14/h2-12H,1H3,(H,21,23)(H,22,24). The SMILES string of the molecule is COc1ccccc1Nc1ncccc1C(=O)Nc1ccc(F)cc1. The van der Waals surface area contributed by atoms with Gasteiger partial charge in [-0.25, -0.2) is 9.37 Å². The molecule has 1 aromatic heterocycles. The molecular formula is C19H16FN3O2. The van der Waals surface area contributed by atoms with Crippen molar-refractivity contribution in [2.24, 2.45) is 0 Å². The number of nitrogens with zero attached hydrogens (tertiary/aromatic N) is 1. The van der Waals surface area contributed by atoms with E-state index < -0.39 is 0 Å². The van der Waals surface area contributed by atoms with E-state index in [0.29, 0.717) is 28.5 Å². The Morgan fingerprint density at radius 2 is 1.80 bits per heavy atom. The van der Waals surface area contributed by atoms with E-state index in [-0.39, 0.29) is 11.7 Å². The molecule has 1 heterocycles. The molecule has 2 N–H and O–H groups in total. The van der Waals surface area contributed by atoms with Crippen molar-refractivity contribution in [1.29, 1.82) is 0 Å². The van der Waals surface area contributed by atoms with Gasteiger partial charge in [-0.2, -0.15) is 0 Å². The van der Waals surface area contributed by atoms with Gasteiger partial charge in [0, 0.05) is 11.9 Å². The van der Waals surface area contributed by atoms with Crippen LogP contribution in [0.4, 0.5) is 21.6 Å². The van der Waals surface area contributed by atoms with Gasteiger partial charge in [-0.05, 0) is 48.5 Å². The number of aromatic nitrogens is 1. The number of benzene rings is 2. The van der Waals surface area contributed by atoms with Crippen LogP contribution in [-0.4, -0.2) is 18.0 Å². The van der Waals surface area contributed by atoms with Gasteiger partial charge in [0.25, 0.3) is 5.91 Å². The Bertz CT molecular complexity index is 882. The molecule has 0 saturated heterocycles. The summed E-state index contributed by atoms with van der Waals surface area (Å²) in [7, 11) is 1.57. The van der Waals surface area contributed by atoms with Crippen LogP contribution in [0.2, 0.25) is 0 Å². The van der Waals surface area contributed by atoms with Crippen LogP contribution in [0.25, 0.3) is 0 Å². The zero-order chi connectivity index (χ0) is 17.6. The highest BCUT2D eigenvalue weighted by Gasteiger charge is 2.14. The van der Waals surface area contributed by atoms with Crippen molar-refractivity contribution in [3.63, 3.8) is 0 Å². The molecule has 5 nitrogen and oxygen atoms in total. The Morgan fingerprint density at radius 1 is 1.04 bits per heavy atom. The molecule has 0 radical (unpaired) electrons. The summed E-state index contributed by atoms with van der Waals surface area (Å²) >= 11 is 0. The smallest absolute Gasteiger partial charge is 0.259 e. The van der Waals surface area contributed by atoms with E-state index in [1.54, 1.807) is 25.4 Å². The molecule has 6 heteroatoms. The zero-order valence-corrected chi connectivity index (χ0v) is 13.5. The van der Waals surface area contributed by atoms with Crippen LogP contribution < -0.4 is 15.4 Å². The summed E-state index contributed by atoms with van der Waals surface area (Å²) < 4.78 is 18.3. The Balaban J connectivity index is 1.85. The van der Waals surface area contributed by atoms with Crippen LogP contribution in [0.5, 0.6) is 5.75 Å². The van der Waals surface area contributed by atoms with E-state index in [1.165, 1.54) is 24.3 Å². The maximum absolute atomic E-state index is 13.0. The summed E-state index contributed by atoms with van der Waals surface area (Å²) in [4.78, 5) is 16.8. The number of hydrogen-bond acceptors (Lipinski definition) is 4. The van der Waals surface area contributed by atoms with Gasteiger partial charge in [0.1, 0.15) is 17.4 Å². The molecule has 3 aromatic rings. The molecule has 2 aromatic carbocycles. The number of ether oxygens (including phenoxy) is 1. The van der Waals surface area contributed by atoms with Crippen LogP contribution in [0, 0.1) is 5.82 Å². The van der Waals surface area contributed by atoms with Crippen molar-refractivity contribution in [2.45, 2.75) is 0 Å². The first-order chi connectivity index (χ1) is 12.2. The molecule has 25 heavy (non-hydrogen) atoms. The summed E-state index contributed by atoms with van der Waals surface area (Å²) in [5.41, 5.74) is 1.55. The van der Waals surface area contributed by atoms with Crippen LogP contribution in [0.1, 0.15) is 10.4 Å². The van der Waals surface area contributed by atoms with Gasteiger partial charge in [-0.15, -0.1) is 0 Å². The van der Waals surface area contributed by atoms with E-state index in [0.717, 1.165) is 0 Å². The largest absolute Gasteiger partial charge is 0.495 e. The highest BCUT2D eigenvalue weighted by molar-refractivity contribution is 6.07. The second kappa shape index (κ2) is 7.44. The van der Waals surface area contributed by atoms with Crippen molar-refractivity contribution in [1.82, 2.24) is 4.98 Å². The highest BCUT2D eigenvalue weighted by Crippen LogP contribution is 2.27. The number of rotatable bonds is 5. The van der Waals surface area contributed by atoms with Crippen LogP contribution in [0.15, 0.2) is 66.9 Å². The second-order valence-electron chi connectivity index (χ2n) is 5.19. The molecule has 0 unspecified atom stereocenters. The van der Waals surface area contributed by atoms with Crippen molar-refractivity contribution in [2.75, 3.05) is 17.7 Å². The predicted molar refractivity (Wildman–Crippen MR) is 94.9 cm³/mol. The number of carbonyl (C=O) groups is 1. The molecule has 0 saturated carbocycles. The maximum atomic E-state index is 13.0. The van der Waals surface area contributed by atoms with Crippen LogP contribution >= 0.6 is 0 Å². The second-order valence-corrected chi connectivity index (χ2v) is 5.19. The average Bonchev–Trinajstić information content (AvgIpc) is 2.64. The monoisotopic (exact) mass is 337 g/mol. The number of anilines is 3. The van der Waals surface area contributed by atoms with E-state index in [2.05, 4.69) is 15.6 Å². The third-order valence-corrected chi connectivity index (χ3v) is 3.51. The van der Waals surface area contributed by atoms with E-state index >= 15 is 0 Å². The molecule has 126 valence electrons. The lowest BCUT2D eigenvalue weighted by Crippen LogP contribution is -2.14. The van der Waals surface area contributed by atoms with Gasteiger partial charge in [0.05, 0.1) is 18.4 Å². The summed E-state index contributed by atoms with van der Waals surface area (Å²) in [5, 5.41) is 5.83. The van der Waals surface area contributed by atoms with Crippen LogP contribution in [0.3, 0.4) is 0 Å². The molecule has 1 amide bonds. The first kappa shape index (κ1) is 16.4. The molecule has 0 aliphatic rings. The number of methoxy groups -OCH3 is 1. The third-order valence-electron chi connectivity index (χ3n) is 3.51. The first-order valence-corrected chi connectivity index (χ1v) is 7.59. The topological polar surface area (TPSA) is 63.2 Å². The Morgan fingerprint density at radius 3 is 2.56 bits per heavy atom. The minimum atomic E-state index is -0.363. The molecule has 0 aliphatic carbocycles. The summed E-state index contributed by atoms with van der Waals surface area (Å²) in [6.45, 7) is 0. The fraction of sp³-hybridized carbons (Fsp3) is 0.0526. The zero-order valence-electron chi connectivity index (χ0n) is 13.5. The number of pyridine rings is 1. The minimum Gasteiger partial charge on any atom is -0.495 e. The predicted octanol–water partition coefficient (Wildman–Crippen LogP) is 4.23. The van der Waals surface area contributed by atoms with Crippen molar-refractivity contribution >= 4 is 23.1 Å². The fourth-order valence-electron chi connectivity index (χ4n) is 2.30. The fourth-order valence-corrected chi connectivity index (χ4v) is 2.30. The number of amides is 1. The van der Waals surface area contributed by atoms with Gasteiger partial charge in [-0.1, -0.05) is 12.1 Å². The van der Waals surface area contributed by atoms with Gasteiger partial charge < -0.3 is 15.4 Å². The first-order valence-electron chi connectivity index (χ1n) is 7.59. The summed E-state index contributed by atoms with van der Waals surface area (Å²) in [6, 6.07) is 16.2. The van der Waals surface area contributed by atoms with Crippen LogP contribution in [-0.2, 0) is 0 Å². The molecule has 0 atom stereocenters. The number of hydrogen-bond donors (Lipinski definition) is 2. The average molecular weight is 337 g/mol. The van der Waals surface area contributed by atoms with Gasteiger partial charge in [-0.3, -0.25) is 4.79 Å². The summed E-state index contributed by atoms with van der Waals surface area (Å²) in [5.74, 6) is 0.319. The number of para-hydroxylation sites is 2. The molecule has 0 fully saturated rings. The molecular weight excluding hydrogens is 321 g/mol. The molecule has 3 rings (SSSR count). The third kappa shape index (κ3) is 3.92. The lowest BCUT2D eigenvalue weighted by Gasteiger charge is -2.13. The number of carbonyl (C=O) groups excluding carboxylic acids is 1. The Kier molecular flexibility index (Phi) is 4.89. The highest BCUT2D eigenvalue weighted by atomic mass is 19.1. The normalized spacial score (nSPS) is 10.2. The quantitative estimate of drug-likeness (QED) is 0.731. The Labute approximate surface area is 144 Å². The Hall–Kier alpha value is -3.41. The van der Waals surface area contributed by atoms with E-state index in [1.807, 2.05) is 24.3 Å². The summed E-state index contributed by atoms with van der Waals surface area (Å²) in [6.07, 6.45) is 1.59. The minimum absolute atomic E-state index is 0.350. The van der Waals surface area contributed by atoms with Gasteiger partial charge in [0.2, 0.25) is 0 Å².